The first-order valence-corrected chi connectivity index (χ1v) is 7.71. The van der Waals surface area contributed by atoms with E-state index in [1.165, 1.54) is 16.2 Å². The lowest BCUT2D eigenvalue weighted by Crippen LogP contribution is -2.13. The van der Waals surface area contributed by atoms with Crippen LogP contribution in [0.1, 0.15) is 36.0 Å². The van der Waals surface area contributed by atoms with Crippen LogP contribution in [0, 0.1) is 6.92 Å². The zero-order chi connectivity index (χ0) is 15.7. The van der Waals surface area contributed by atoms with Crippen molar-refractivity contribution in [3.63, 3.8) is 0 Å². The molecule has 0 aliphatic carbocycles. The van der Waals surface area contributed by atoms with Gasteiger partial charge in [0.25, 0.3) is 5.91 Å². The van der Waals surface area contributed by atoms with E-state index in [-0.39, 0.29) is 11.5 Å². The normalized spacial score (nSPS) is 13.5. The number of aryl methyl sites for hydroxylation is 1. The van der Waals surface area contributed by atoms with Crippen molar-refractivity contribution in [2.45, 2.75) is 20.0 Å². The van der Waals surface area contributed by atoms with Crippen LogP contribution in [0.5, 0.6) is 0 Å². The van der Waals surface area contributed by atoms with Crippen LogP contribution in [-0.2, 0) is 17.8 Å². The number of aromatic carboxylic acids is 1. The molecule has 0 bridgehead atoms. The molecule has 1 aromatic carbocycles. The second-order valence-corrected chi connectivity index (χ2v) is 6.31. The number of carbonyl (C=O) groups is 2. The zero-order valence-corrected chi connectivity index (χ0v) is 12.8. The Labute approximate surface area is 131 Å². The highest BCUT2D eigenvalue weighted by molar-refractivity contribution is 7.14. The smallest absolute Gasteiger partial charge is 0.337 e. The minimum absolute atomic E-state index is 0.0954. The third-order valence-electron chi connectivity index (χ3n) is 3.51. The van der Waals surface area contributed by atoms with Crippen LogP contribution in [0.15, 0.2) is 24.3 Å². The van der Waals surface area contributed by atoms with Crippen molar-refractivity contribution in [3.05, 3.63) is 50.7 Å². The van der Waals surface area contributed by atoms with E-state index >= 15 is 0 Å². The topological polar surface area (TPSA) is 75.6 Å². The number of hydrogen-bond acceptors (Lipinski definition) is 4. The molecule has 114 valence electrons. The zero-order valence-electron chi connectivity index (χ0n) is 12.0. The van der Waals surface area contributed by atoms with Crippen molar-refractivity contribution in [1.29, 1.82) is 0 Å². The maximum absolute atomic E-state index is 12.4. The summed E-state index contributed by atoms with van der Waals surface area (Å²) >= 11 is 1.44. The van der Waals surface area contributed by atoms with Crippen LogP contribution in [-0.4, -0.2) is 23.6 Å². The summed E-state index contributed by atoms with van der Waals surface area (Å²) in [6, 6.07) is 6.76. The van der Waals surface area contributed by atoms with Crippen LogP contribution in [0.25, 0.3) is 0 Å². The average Bonchev–Trinajstić information content (AvgIpc) is 2.93. The average molecular weight is 317 g/mol. The van der Waals surface area contributed by atoms with E-state index in [0.29, 0.717) is 23.8 Å². The molecule has 0 saturated carbocycles. The molecule has 6 heteroatoms. The SMILES string of the molecule is Cc1ccc(NC(=O)c2cc3c(s2)CCOC3)c(C(=O)O)c1. The number of nitrogens with one attached hydrogen (secondary N) is 1. The third kappa shape index (κ3) is 2.88. The number of hydrogen-bond donors (Lipinski definition) is 2. The van der Waals surface area contributed by atoms with Gasteiger partial charge in [0.05, 0.1) is 29.3 Å². The summed E-state index contributed by atoms with van der Waals surface area (Å²) in [5.74, 6) is -1.34. The molecule has 0 fully saturated rings. The molecule has 0 spiro atoms. The molecule has 0 atom stereocenters. The Morgan fingerprint density at radius 3 is 2.86 bits per heavy atom. The highest BCUT2D eigenvalue weighted by Gasteiger charge is 2.19. The van der Waals surface area contributed by atoms with Gasteiger partial charge in [-0.15, -0.1) is 11.3 Å². The van der Waals surface area contributed by atoms with Gasteiger partial charge in [-0.1, -0.05) is 11.6 Å². The van der Waals surface area contributed by atoms with Gasteiger partial charge in [-0.25, -0.2) is 4.79 Å². The molecular weight excluding hydrogens is 302 g/mol. The van der Waals surface area contributed by atoms with E-state index in [4.69, 9.17) is 4.74 Å². The van der Waals surface area contributed by atoms with E-state index in [2.05, 4.69) is 5.32 Å². The molecule has 0 saturated heterocycles. The number of ether oxygens (including phenoxy) is 1. The fraction of sp³-hybridized carbons (Fsp3) is 0.250. The lowest BCUT2D eigenvalue weighted by molar-refractivity contribution is 0.0698. The van der Waals surface area contributed by atoms with Gasteiger partial charge in [0, 0.05) is 11.3 Å². The molecule has 22 heavy (non-hydrogen) atoms. The van der Waals surface area contributed by atoms with Crippen LogP contribution >= 0.6 is 11.3 Å². The first-order valence-electron chi connectivity index (χ1n) is 6.89. The van der Waals surface area contributed by atoms with Crippen molar-refractivity contribution >= 4 is 28.9 Å². The predicted octanol–water partition coefficient (Wildman–Crippen LogP) is 3.08. The van der Waals surface area contributed by atoms with Crippen molar-refractivity contribution in [2.75, 3.05) is 11.9 Å². The fourth-order valence-electron chi connectivity index (χ4n) is 2.39. The van der Waals surface area contributed by atoms with Crippen molar-refractivity contribution in [1.82, 2.24) is 0 Å². The first-order chi connectivity index (χ1) is 10.5. The Morgan fingerprint density at radius 2 is 2.14 bits per heavy atom. The summed E-state index contributed by atoms with van der Waals surface area (Å²) in [6.45, 7) is 3.02. The molecule has 1 aliphatic heterocycles. The van der Waals surface area contributed by atoms with E-state index in [0.717, 1.165) is 17.5 Å². The Bertz CT molecular complexity index is 727. The summed E-state index contributed by atoms with van der Waals surface area (Å²) < 4.78 is 5.37. The monoisotopic (exact) mass is 317 g/mol. The van der Waals surface area contributed by atoms with Gasteiger partial charge in [0.15, 0.2) is 0 Å². The summed E-state index contributed by atoms with van der Waals surface area (Å²) in [6.07, 6.45) is 0.818. The summed E-state index contributed by atoms with van der Waals surface area (Å²) in [5.41, 5.74) is 2.28. The van der Waals surface area contributed by atoms with Gasteiger partial charge in [0.1, 0.15) is 0 Å². The molecule has 3 rings (SSSR count). The number of carboxylic acids is 1. The first kappa shape index (κ1) is 14.7. The van der Waals surface area contributed by atoms with Crippen LogP contribution in [0.3, 0.4) is 0 Å². The number of carboxylic acid groups (broad SMARTS) is 1. The molecule has 0 radical (unpaired) electrons. The fourth-order valence-corrected chi connectivity index (χ4v) is 3.43. The van der Waals surface area contributed by atoms with E-state index < -0.39 is 5.97 Å². The van der Waals surface area contributed by atoms with Gasteiger partial charge in [-0.05, 0) is 30.7 Å². The Balaban J connectivity index is 1.85. The molecule has 5 nitrogen and oxygen atoms in total. The van der Waals surface area contributed by atoms with Crippen molar-refractivity contribution in [3.8, 4) is 0 Å². The second kappa shape index (κ2) is 5.90. The second-order valence-electron chi connectivity index (χ2n) is 5.17. The largest absolute Gasteiger partial charge is 0.478 e. The highest BCUT2D eigenvalue weighted by atomic mass is 32.1. The number of benzene rings is 1. The maximum Gasteiger partial charge on any atom is 0.337 e. The molecule has 2 N–H and O–H groups in total. The Hall–Kier alpha value is -2.18. The molecule has 1 aliphatic rings. The Morgan fingerprint density at radius 1 is 1.32 bits per heavy atom. The molecule has 2 aromatic rings. The maximum atomic E-state index is 12.4. The summed E-state index contributed by atoms with van der Waals surface area (Å²) in [7, 11) is 0. The molecule has 1 aromatic heterocycles. The quantitative estimate of drug-likeness (QED) is 0.912. The van der Waals surface area contributed by atoms with Gasteiger partial charge >= 0.3 is 5.97 Å². The molecule has 2 heterocycles. The summed E-state index contributed by atoms with van der Waals surface area (Å²) in [4.78, 5) is 25.4. The van der Waals surface area contributed by atoms with Crippen LogP contribution < -0.4 is 5.32 Å². The molecule has 1 amide bonds. The van der Waals surface area contributed by atoms with E-state index in [1.807, 2.05) is 13.0 Å². The van der Waals surface area contributed by atoms with Gasteiger partial charge < -0.3 is 15.2 Å². The number of carbonyl (C=O) groups excluding carboxylic acids is 1. The molecule has 0 unspecified atom stereocenters. The van der Waals surface area contributed by atoms with Crippen LogP contribution in [0.4, 0.5) is 5.69 Å². The van der Waals surface area contributed by atoms with E-state index in [1.54, 1.807) is 18.2 Å². The van der Waals surface area contributed by atoms with Gasteiger partial charge in [-0.2, -0.15) is 0 Å². The number of thiophene rings is 1. The molecular formula is C16H15NO4S. The lowest BCUT2D eigenvalue weighted by atomic mass is 10.1. The standard InChI is InChI=1S/C16H15NO4S/c1-9-2-3-12(11(6-9)16(19)20)17-15(18)14-7-10-8-21-5-4-13(10)22-14/h2-3,6-7H,4-5,8H2,1H3,(H,17,18)(H,19,20). The highest BCUT2D eigenvalue weighted by Crippen LogP contribution is 2.28. The number of rotatable bonds is 3. The third-order valence-corrected chi connectivity index (χ3v) is 4.74. The minimum Gasteiger partial charge on any atom is -0.478 e. The predicted molar refractivity (Wildman–Crippen MR) is 83.8 cm³/mol. The summed E-state index contributed by atoms with van der Waals surface area (Å²) in [5, 5.41) is 11.9. The number of anilines is 1. The van der Waals surface area contributed by atoms with Gasteiger partial charge in [0.2, 0.25) is 0 Å². The van der Waals surface area contributed by atoms with E-state index in [9.17, 15) is 14.7 Å². The lowest BCUT2D eigenvalue weighted by Gasteiger charge is -2.10. The minimum atomic E-state index is -1.06. The van der Waals surface area contributed by atoms with Gasteiger partial charge in [-0.3, -0.25) is 4.79 Å². The Kier molecular flexibility index (Phi) is 3.96. The number of amides is 1. The van der Waals surface area contributed by atoms with Crippen LogP contribution in [0.2, 0.25) is 0 Å². The number of fused-ring (bicyclic) bond motifs is 1. The van der Waals surface area contributed by atoms with Crippen molar-refractivity contribution < 1.29 is 19.4 Å². The van der Waals surface area contributed by atoms with Crippen molar-refractivity contribution in [2.24, 2.45) is 0 Å².